The fraction of sp³-hybridized carbons (Fsp3) is 0.667. The number of ether oxygens (including phenoxy) is 1. The largest absolute Gasteiger partial charge is 0.461 e. The van der Waals surface area contributed by atoms with Crippen molar-refractivity contribution in [2.45, 2.75) is 51.9 Å². The highest BCUT2D eigenvalue weighted by atomic mass is 16.6. The van der Waals surface area contributed by atoms with Crippen molar-refractivity contribution < 1.29 is 9.53 Å². The van der Waals surface area contributed by atoms with Gasteiger partial charge in [0.1, 0.15) is 12.1 Å². The molecule has 0 bridgehead atoms. The Morgan fingerprint density at radius 1 is 1.71 bits per heavy atom. The molecular weight excluding hydrogens is 218 g/mol. The van der Waals surface area contributed by atoms with Gasteiger partial charge in [-0.1, -0.05) is 0 Å². The smallest absolute Gasteiger partial charge is 0.323 e. The first-order valence-electron chi connectivity index (χ1n) is 6.00. The van der Waals surface area contributed by atoms with Gasteiger partial charge in [0, 0.05) is 18.7 Å². The number of nitrogens with zero attached hydrogens (tertiary/aromatic N) is 2. The Kier molecular flexibility index (Phi) is 3.47. The Bertz CT molecular complexity index is 402. The van der Waals surface area contributed by atoms with Gasteiger partial charge in [0.15, 0.2) is 0 Å². The van der Waals surface area contributed by atoms with E-state index >= 15 is 0 Å². The SMILES string of the molecule is Cc1cnn(C[C@H](C)N[C@@H]2C[C@H](C)OC2=O)c1. The number of aryl methyl sites for hydroxylation is 1. The summed E-state index contributed by atoms with van der Waals surface area (Å²) in [4.78, 5) is 11.5. The lowest BCUT2D eigenvalue weighted by Gasteiger charge is -2.16. The van der Waals surface area contributed by atoms with Crippen LogP contribution in [0.5, 0.6) is 0 Å². The minimum atomic E-state index is -0.170. The van der Waals surface area contributed by atoms with Gasteiger partial charge < -0.3 is 4.74 Å². The molecule has 1 aromatic heterocycles. The summed E-state index contributed by atoms with van der Waals surface area (Å²) in [7, 11) is 0. The molecular formula is C12H19N3O2. The highest BCUT2D eigenvalue weighted by Crippen LogP contribution is 2.14. The number of cyclic esters (lactones) is 1. The van der Waals surface area contributed by atoms with Crippen molar-refractivity contribution >= 4 is 5.97 Å². The minimum Gasteiger partial charge on any atom is -0.461 e. The van der Waals surface area contributed by atoms with Crippen LogP contribution in [-0.2, 0) is 16.1 Å². The molecule has 1 fully saturated rings. The summed E-state index contributed by atoms with van der Waals surface area (Å²) >= 11 is 0. The number of hydrogen-bond donors (Lipinski definition) is 1. The first-order valence-corrected chi connectivity index (χ1v) is 6.00. The standard InChI is InChI=1S/C12H19N3O2/c1-8-5-13-15(6-8)7-9(2)14-11-4-10(3)17-12(11)16/h5-6,9-11,14H,4,7H2,1-3H3/t9-,10-,11+/m0/s1. The lowest BCUT2D eigenvalue weighted by molar-refractivity contribution is -0.142. The van der Waals surface area contributed by atoms with Gasteiger partial charge in [-0.3, -0.25) is 14.8 Å². The summed E-state index contributed by atoms with van der Waals surface area (Å²) in [6.07, 6.45) is 4.60. The van der Waals surface area contributed by atoms with Gasteiger partial charge in [0.05, 0.1) is 12.7 Å². The molecule has 2 heterocycles. The number of aromatic nitrogens is 2. The van der Waals surface area contributed by atoms with Crippen molar-refractivity contribution in [3.05, 3.63) is 18.0 Å². The van der Waals surface area contributed by atoms with Crippen molar-refractivity contribution in [3.63, 3.8) is 0 Å². The van der Waals surface area contributed by atoms with Crippen LogP contribution >= 0.6 is 0 Å². The highest BCUT2D eigenvalue weighted by molar-refractivity contribution is 5.77. The van der Waals surface area contributed by atoms with Crippen molar-refractivity contribution in [1.29, 1.82) is 0 Å². The van der Waals surface area contributed by atoms with Crippen LogP contribution in [0, 0.1) is 6.92 Å². The Morgan fingerprint density at radius 3 is 3.00 bits per heavy atom. The number of carbonyl (C=O) groups excluding carboxylic acids is 1. The molecule has 1 N–H and O–H groups in total. The van der Waals surface area contributed by atoms with Gasteiger partial charge in [0.25, 0.3) is 0 Å². The van der Waals surface area contributed by atoms with Gasteiger partial charge in [-0.15, -0.1) is 0 Å². The molecule has 1 saturated heterocycles. The normalized spacial score (nSPS) is 25.9. The third-order valence-electron chi connectivity index (χ3n) is 2.88. The molecule has 17 heavy (non-hydrogen) atoms. The number of nitrogens with one attached hydrogen (secondary N) is 1. The molecule has 1 aliphatic rings. The lowest BCUT2D eigenvalue weighted by atomic mass is 10.1. The second-order valence-electron chi connectivity index (χ2n) is 4.84. The number of rotatable bonds is 4. The van der Waals surface area contributed by atoms with E-state index in [-0.39, 0.29) is 24.2 Å². The molecule has 94 valence electrons. The second-order valence-corrected chi connectivity index (χ2v) is 4.84. The van der Waals surface area contributed by atoms with Crippen molar-refractivity contribution in [3.8, 4) is 0 Å². The molecule has 0 amide bonds. The maximum absolute atomic E-state index is 11.5. The van der Waals surface area contributed by atoms with E-state index in [1.165, 1.54) is 0 Å². The molecule has 0 aliphatic carbocycles. The zero-order valence-corrected chi connectivity index (χ0v) is 10.5. The molecule has 0 spiro atoms. The van der Waals surface area contributed by atoms with Crippen LogP contribution in [0.4, 0.5) is 0 Å². The third kappa shape index (κ3) is 3.06. The third-order valence-corrected chi connectivity index (χ3v) is 2.88. The second kappa shape index (κ2) is 4.87. The van der Waals surface area contributed by atoms with Crippen molar-refractivity contribution in [2.75, 3.05) is 0 Å². The molecule has 0 aromatic carbocycles. The fourth-order valence-electron chi connectivity index (χ4n) is 2.14. The van der Waals surface area contributed by atoms with Gasteiger partial charge in [-0.05, 0) is 26.3 Å². The molecule has 3 atom stereocenters. The Labute approximate surface area is 101 Å². The maximum atomic E-state index is 11.5. The molecule has 5 heteroatoms. The molecule has 1 aliphatic heterocycles. The lowest BCUT2D eigenvalue weighted by Crippen LogP contribution is -2.41. The van der Waals surface area contributed by atoms with Crippen LogP contribution in [0.2, 0.25) is 0 Å². The van der Waals surface area contributed by atoms with Crippen LogP contribution in [0.25, 0.3) is 0 Å². The van der Waals surface area contributed by atoms with E-state index in [9.17, 15) is 4.79 Å². The number of esters is 1. The topological polar surface area (TPSA) is 56.1 Å². The van der Waals surface area contributed by atoms with Crippen molar-refractivity contribution in [2.24, 2.45) is 0 Å². The average Bonchev–Trinajstić information content (AvgIpc) is 2.74. The van der Waals surface area contributed by atoms with Gasteiger partial charge in [-0.25, -0.2) is 0 Å². The van der Waals surface area contributed by atoms with Crippen LogP contribution in [-0.4, -0.2) is 33.9 Å². The summed E-state index contributed by atoms with van der Waals surface area (Å²) < 4.78 is 6.99. The summed E-state index contributed by atoms with van der Waals surface area (Å²) in [5.41, 5.74) is 1.14. The zero-order valence-electron chi connectivity index (χ0n) is 10.5. The Morgan fingerprint density at radius 2 is 2.47 bits per heavy atom. The van der Waals surface area contributed by atoms with Crippen LogP contribution < -0.4 is 5.32 Å². The Balaban J connectivity index is 1.85. The molecule has 0 unspecified atom stereocenters. The van der Waals surface area contributed by atoms with E-state index in [1.807, 2.05) is 37.8 Å². The molecule has 5 nitrogen and oxygen atoms in total. The quantitative estimate of drug-likeness (QED) is 0.790. The first kappa shape index (κ1) is 12.1. The first-order chi connectivity index (χ1) is 8.04. The van der Waals surface area contributed by atoms with E-state index in [2.05, 4.69) is 10.4 Å². The predicted molar refractivity (Wildman–Crippen MR) is 63.5 cm³/mol. The summed E-state index contributed by atoms with van der Waals surface area (Å²) in [5.74, 6) is -0.138. The van der Waals surface area contributed by atoms with Crippen LogP contribution in [0.1, 0.15) is 25.8 Å². The van der Waals surface area contributed by atoms with Gasteiger partial charge >= 0.3 is 5.97 Å². The molecule has 0 saturated carbocycles. The predicted octanol–water partition coefficient (Wildman–Crippen LogP) is 0.874. The average molecular weight is 237 g/mol. The zero-order chi connectivity index (χ0) is 12.4. The van der Waals surface area contributed by atoms with Crippen LogP contribution in [0.3, 0.4) is 0 Å². The fourth-order valence-corrected chi connectivity index (χ4v) is 2.14. The van der Waals surface area contributed by atoms with Crippen LogP contribution in [0.15, 0.2) is 12.4 Å². The van der Waals surface area contributed by atoms with E-state index in [1.54, 1.807) is 0 Å². The summed E-state index contributed by atoms with van der Waals surface area (Å²) in [5, 5.41) is 7.51. The molecule has 0 radical (unpaired) electrons. The summed E-state index contributed by atoms with van der Waals surface area (Å²) in [6, 6.07) is 0.0220. The van der Waals surface area contributed by atoms with E-state index in [0.29, 0.717) is 0 Å². The highest BCUT2D eigenvalue weighted by Gasteiger charge is 2.32. The van der Waals surface area contributed by atoms with E-state index < -0.39 is 0 Å². The molecule has 2 rings (SSSR count). The maximum Gasteiger partial charge on any atom is 0.323 e. The molecule has 1 aromatic rings. The van der Waals surface area contributed by atoms with Crippen molar-refractivity contribution in [1.82, 2.24) is 15.1 Å². The Hall–Kier alpha value is -1.36. The minimum absolute atomic E-state index is 0.0270. The number of carbonyl (C=O) groups is 1. The number of hydrogen-bond acceptors (Lipinski definition) is 4. The summed E-state index contributed by atoms with van der Waals surface area (Å²) in [6.45, 7) is 6.73. The monoisotopic (exact) mass is 237 g/mol. The van der Waals surface area contributed by atoms with E-state index in [0.717, 1.165) is 18.5 Å². The van der Waals surface area contributed by atoms with Gasteiger partial charge in [0.2, 0.25) is 0 Å². The van der Waals surface area contributed by atoms with E-state index in [4.69, 9.17) is 4.74 Å². The van der Waals surface area contributed by atoms with Gasteiger partial charge in [-0.2, -0.15) is 5.10 Å².